The van der Waals surface area contributed by atoms with Crippen molar-refractivity contribution in [2.45, 2.75) is 71.0 Å². The van der Waals surface area contributed by atoms with Gasteiger partial charge < -0.3 is 5.32 Å². The fourth-order valence-electron chi connectivity index (χ4n) is 2.60. The SMILES string of the molecule is CC1(C)CCCCC1NCCCCC(F)(F)F. The van der Waals surface area contributed by atoms with Gasteiger partial charge >= 0.3 is 6.18 Å². The Hall–Kier alpha value is -0.250. The number of nitrogens with one attached hydrogen (secondary N) is 1. The molecule has 17 heavy (non-hydrogen) atoms. The molecule has 0 aromatic heterocycles. The Kier molecular flexibility index (Phi) is 5.29. The van der Waals surface area contributed by atoms with Crippen LogP contribution in [0.2, 0.25) is 0 Å². The lowest BCUT2D eigenvalue weighted by molar-refractivity contribution is -0.135. The van der Waals surface area contributed by atoms with Gasteiger partial charge in [0.15, 0.2) is 0 Å². The molecule has 0 amide bonds. The van der Waals surface area contributed by atoms with E-state index in [1.54, 1.807) is 0 Å². The lowest BCUT2D eigenvalue weighted by Crippen LogP contribution is -2.44. The largest absolute Gasteiger partial charge is 0.389 e. The number of hydrogen-bond acceptors (Lipinski definition) is 1. The highest BCUT2D eigenvalue weighted by Gasteiger charge is 2.31. The van der Waals surface area contributed by atoms with Gasteiger partial charge in [0.05, 0.1) is 0 Å². The average Bonchev–Trinajstić information content (AvgIpc) is 2.17. The van der Waals surface area contributed by atoms with Gasteiger partial charge in [-0.2, -0.15) is 13.2 Å². The molecule has 1 atom stereocenters. The second kappa shape index (κ2) is 6.07. The maximum Gasteiger partial charge on any atom is 0.389 e. The summed E-state index contributed by atoms with van der Waals surface area (Å²) in [6, 6.07) is 0.474. The summed E-state index contributed by atoms with van der Waals surface area (Å²) in [7, 11) is 0. The van der Waals surface area contributed by atoms with Crippen molar-refractivity contribution in [3.05, 3.63) is 0 Å². The normalized spacial score (nSPS) is 24.9. The topological polar surface area (TPSA) is 12.0 Å². The van der Waals surface area contributed by atoms with Crippen molar-refractivity contribution < 1.29 is 13.2 Å². The van der Waals surface area contributed by atoms with Crippen molar-refractivity contribution in [3.63, 3.8) is 0 Å². The van der Waals surface area contributed by atoms with Crippen LogP contribution < -0.4 is 5.32 Å². The average molecular weight is 251 g/mol. The third-order valence-electron chi connectivity index (χ3n) is 3.79. The first-order valence-corrected chi connectivity index (χ1v) is 6.61. The van der Waals surface area contributed by atoms with Crippen molar-refractivity contribution in [1.29, 1.82) is 0 Å². The van der Waals surface area contributed by atoms with Crippen LogP contribution in [0.15, 0.2) is 0 Å². The number of alkyl halides is 3. The Morgan fingerprint density at radius 1 is 1.18 bits per heavy atom. The Morgan fingerprint density at radius 3 is 2.47 bits per heavy atom. The predicted molar refractivity (Wildman–Crippen MR) is 63.9 cm³/mol. The standard InChI is InChI=1S/C13H24F3N/c1-12(2)8-4-3-7-11(12)17-10-6-5-9-13(14,15)16/h11,17H,3-10H2,1-2H3. The first-order valence-electron chi connectivity index (χ1n) is 6.61. The number of rotatable bonds is 5. The zero-order valence-electron chi connectivity index (χ0n) is 10.9. The highest BCUT2D eigenvalue weighted by Crippen LogP contribution is 2.35. The Morgan fingerprint density at radius 2 is 1.88 bits per heavy atom. The minimum absolute atomic E-state index is 0.240. The van der Waals surface area contributed by atoms with Crippen LogP contribution in [0.3, 0.4) is 0 Å². The summed E-state index contributed by atoms with van der Waals surface area (Å²) >= 11 is 0. The molecule has 1 N–H and O–H groups in total. The summed E-state index contributed by atoms with van der Waals surface area (Å²) in [6.07, 6.45) is 1.10. The maximum absolute atomic E-state index is 11.9. The molecule has 0 saturated heterocycles. The summed E-state index contributed by atoms with van der Waals surface area (Å²) in [5.41, 5.74) is 0.294. The third kappa shape index (κ3) is 5.75. The lowest BCUT2D eigenvalue weighted by Gasteiger charge is -2.39. The molecule has 0 aromatic carbocycles. The summed E-state index contributed by atoms with van der Waals surface area (Å²) in [6.45, 7) is 5.21. The van der Waals surface area contributed by atoms with E-state index in [0.29, 0.717) is 24.4 Å². The van der Waals surface area contributed by atoms with Crippen molar-refractivity contribution >= 4 is 0 Å². The van der Waals surface area contributed by atoms with E-state index in [-0.39, 0.29) is 6.42 Å². The van der Waals surface area contributed by atoms with Crippen molar-refractivity contribution in [2.24, 2.45) is 5.41 Å². The minimum Gasteiger partial charge on any atom is -0.313 e. The van der Waals surface area contributed by atoms with Crippen LogP contribution in [0, 0.1) is 5.41 Å². The molecule has 1 aliphatic rings. The molecular formula is C13H24F3N. The fraction of sp³-hybridized carbons (Fsp3) is 1.00. The number of halogens is 3. The van der Waals surface area contributed by atoms with Gasteiger partial charge in [-0.25, -0.2) is 0 Å². The van der Waals surface area contributed by atoms with Crippen LogP contribution in [0.25, 0.3) is 0 Å². The molecule has 1 rings (SSSR count). The molecule has 1 unspecified atom stereocenters. The zero-order valence-corrected chi connectivity index (χ0v) is 10.9. The van der Waals surface area contributed by atoms with E-state index >= 15 is 0 Å². The van der Waals surface area contributed by atoms with Gasteiger partial charge in [-0.05, 0) is 37.6 Å². The van der Waals surface area contributed by atoms with E-state index in [9.17, 15) is 13.2 Å². The first kappa shape index (κ1) is 14.8. The van der Waals surface area contributed by atoms with Gasteiger partial charge in [0.1, 0.15) is 0 Å². The Bertz CT molecular complexity index is 223. The van der Waals surface area contributed by atoms with Crippen molar-refractivity contribution in [1.82, 2.24) is 5.32 Å². The van der Waals surface area contributed by atoms with E-state index in [4.69, 9.17) is 0 Å². The minimum atomic E-state index is -4.00. The molecular weight excluding hydrogens is 227 g/mol. The highest BCUT2D eigenvalue weighted by molar-refractivity contribution is 4.87. The second-order valence-corrected chi connectivity index (χ2v) is 5.81. The van der Waals surface area contributed by atoms with Crippen LogP contribution in [0.5, 0.6) is 0 Å². The smallest absolute Gasteiger partial charge is 0.313 e. The Balaban J connectivity index is 2.13. The fourth-order valence-corrected chi connectivity index (χ4v) is 2.60. The van der Waals surface area contributed by atoms with Gasteiger partial charge in [0, 0.05) is 12.5 Å². The lowest BCUT2D eigenvalue weighted by atomic mass is 9.73. The van der Waals surface area contributed by atoms with E-state index in [1.807, 2.05) is 0 Å². The molecule has 0 bridgehead atoms. The molecule has 4 heteroatoms. The summed E-state index contributed by atoms with van der Waals surface area (Å²) < 4.78 is 35.8. The van der Waals surface area contributed by atoms with Crippen LogP contribution in [-0.2, 0) is 0 Å². The van der Waals surface area contributed by atoms with Crippen LogP contribution in [-0.4, -0.2) is 18.8 Å². The van der Waals surface area contributed by atoms with Gasteiger partial charge in [0.2, 0.25) is 0 Å². The molecule has 1 saturated carbocycles. The molecule has 0 spiro atoms. The van der Waals surface area contributed by atoms with Crippen molar-refractivity contribution in [2.75, 3.05) is 6.54 Å². The highest BCUT2D eigenvalue weighted by atomic mass is 19.4. The molecule has 0 heterocycles. The molecule has 0 aliphatic heterocycles. The molecule has 0 radical (unpaired) electrons. The van der Waals surface area contributed by atoms with Gasteiger partial charge in [-0.15, -0.1) is 0 Å². The van der Waals surface area contributed by atoms with Crippen LogP contribution in [0.1, 0.15) is 58.8 Å². The second-order valence-electron chi connectivity index (χ2n) is 5.81. The van der Waals surface area contributed by atoms with Crippen LogP contribution in [0.4, 0.5) is 13.2 Å². The number of unbranched alkanes of at least 4 members (excludes halogenated alkanes) is 1. The molecule has 102 valence electrons. The monoisotopic (exact) mass is 251 g/mol. The molecule has 1 aliphatic carbocycles. The van der Waals surface area contributed by atoms with Gasteiger partial charge in [-0.1, -0.05) is 26.7 Å². The van der Waals surface area contributed by atoms with E-state index in [2.05, 4.69) is 19.2 Å². The van der Waals surface area contributed by atoms with Crippen molar-refractivity contribution in [3.8, 4) is 0 Å². The summed E-state index contributed by atoms with van der Waals surface area (Å²) in [4.78, 5) is 0. The van der Waals surface area contributed by atoms with Crippen LogP contribution >= 0.6 is 0 Å². The first-order chi connectivity index (χ1) is 7.81. The molecule has 1 fully saturated rings. The number of hydrogen-bond donors (Lipinski definition) is 1. The summed E-state index contributed by atoms with van der Waals surface area (Å²) in [5.74, 6) is 0. The molecule has 0 aromatic rings. The van der Waals surface area contributed by atoms with E-state index < -0.39 is 12.6 Å². The third-order valence-corrected chi connectivity index (χ3v) is 3.79. The molecule has 1 nitrogen and oxygen atoms in total. The summed E-state index contributed by atoms with van der Waals surface area (Å²) in [5, 5.41) is 3.43. The quantitative estimate of drug-likeness (QED) is 0.719. The van der Waals surface area contributed by atoms with E-state index in [0.717, 1.165) is 6.42 Å². The van der Waals surface area contributed by atoms with E-state index in [1.165, 1.54) is 19.3 Å². The van der Waals surface area contributed by atoms with Gasteiger partial charge in [-0.3, -0.25) is 0 Å². The van der Waals surface area contributed by atoms with Gasteiger partial charge in [0.25, 0.3) is 0 Å². The zero-order chi connectivity index (χ0) is 12.9. The Labute approximate surface area is 102 Å². The predicted octanol–water partition coefficient (Wildman–Crippen LogP) is 4.28. The maximum atomic E-state index is 11.9.